The van der Waals surface area contributed by atoms with Crippen LogP contribution in [0.1, 0.15) is 96.8 Å². The number of unbranched alkanes of at least 4 members (excludes halogenated alkanes) is 12. The largest absolute Gasteiger partial charge is 0.465 e. The van der Waals surface area contributed by atoms with E-state index in [1.807, 2.05) is 0 Å². The van der Waals surface area contributed by atoms with Gasteiger partial charge in [-0.2, -0.15) is 8.42 Å². The first-order chi connectivity index (χ1) is 15.8. The molecule has 1 rings (SSSR count). The third kappa shape index (κ3) is 15.4. The molecule has 1 heterocycles. The summed E-state index contributed by atoms with van der Waals surface area (Å²) in [5, 5.41) is 9.04. The van der Waals surface area contributed by atoms with Crippen molar-refractivity contribution in [2.75, 3.05) is 39.2 Å². The Balaban J connectivity index is 1.97. The fourth-order valence-electron chi connectivity index (χ4n) is 4.10. The van der Waals surface area contributed by atoms with Gasteiger partial charge in [-0.25, -0.2) is 4.79 Å². The lowest BCUT2D eigenvalue weighted by molar-refractivity contribution is -0.0759. The van der Waals surface area contributed by atoms with Crippen molar-refractivity contribution >= 4 is 16.2 Å². The van der Waals surface area contributed by atoms with Crippen LogP contribution in [0.3, 0.4) is 0 Å². The minimum atomic E-state index is -3.56. The molecule has 0 radical (unpaired) electrons. The van der Waals surface area contributed by atoms with Gasteiger partial charge >= 0.3 is 6.09 Å². The Labute approximate surface area is 202 Å². The maximum Gasteiger partial charge on any atom is 0.407 e. The predicted molar refractivity (Wildman–Crippen MR) is 133 cm³/mol. The molecule has 1 fully saturated rings. The zero-order chi connectivity index (χ0) is 24.4. The second-order valence-corrected chi connectivity index (χ2v) is 11.2. The van der Waals surface area contributed by atoms with Crippen LogP contribution < -0.4 is 0 Å². The van der Waals surface area contributed by atoms with E-state index in [1.54, 1.807) is 0 Å². The van der Waals surface area contributed by atoms with Crippen molar-refractivity contribution in [2.24, 2.45) is 5.41 Å². The molecule has 1 aliphatic heterocycles. The standard InChI is InChI=1S/C25H47NO6S/c1-3-4-5-6-7-8-9-10-11-12-13-14-15-16-17-18-19-31-22-25(23-32-33(2,29)30)20-26(21-25)24(27)28/h10-11H,3-9,12-23H2,1-2H3,(H,27,28). The van der Waals surface area contributed by atoms with Crippen molar-refractivity contribution in [2.45, 2.75) is 96.8 Å². The summed E-state index contributed by atoms with van der Waals surface area (Å²) in [6.07, 6.45) is 22.3. The summed E-state index contributed by atoms with van der Waals surface area (Å²) in [6, 6.07) is 0. The summed E-state index contributed by atoms with van der Waals surface area (Å²) in [5.41, 5.74) is -0.565. The molecule has 33 heavy (non-hydrogen) atoms. The smallest absolute Gasteiger partial charge is 0.407 e. The molecule has 0 saturated carbocycles. The Bertz CT molecular complexity index is 643. The highest BCUT2D eigenvalue weighted by atomic mass is 32.2. The van der Waals surface area contributed by atoms with E-state index in [1.165, 1.54) is 81.9 Å². The highest BCUT2D eigenvalue weighted by Gasteiger charge is 2.46. The van der Waals surface area contributed by atoms with Gasteiger partial charge in [0.1, 0.15) is 0 Å². The molecule has 0 aromatic rings. The number of hydrogen-bond acceptors (Lipinski definition) is 5. The summed E-state index contributed by atoms with van der Waals surface area (Å²) in [6.45, 7) is 3.62. The Kier molecular flexibility index (Phi) is 15.7. The van der Waals surface area contributed by atoms with Crippen LogP contribution in [0, 0.1) is 5.41 Å². The number of carbonyl (C=O) groups is 1. The van der Waals surface area contributed by atoms with Crippen LogP contribution in [0.5, 0.6) is 0 Å². The molecular formula is C25H47NO6S. The van der Waals surface area contributed by atoms with Crippen LogP contribution in [-0.4, -0.2) is 63.7 Å². The van der Waals surface area contributed by atoms with Gasteiger partial charge in [-0.3, -0.25) is 4.18 Å². The lowest BCUT2D eigenvalue weighted by Gasteiger charge is -2.47. The summed E-state index contributed by atoms with van der Waals surface area (Å²) in [7, 11) is -3.56. The first-order valence-electron chi connectivity index (χ1n) is 12.8. The topological polar surface area (TPSA) is 93.1 Å². The molecule has 0 unspecified atom stereocenters. The first-order valence-corrected chi connectivity index (χ1v) is 14.6. The number of amides is 1. The molecule has 7 nitrogen and oxygen atoms in total. The zero-order valence-corrected chi connectivity index (χ0v) is 21.8. The highest BCUT2D eigenvalue weighted by molar-refractivity contribution is 7.85. The van der Waals surface area contributed by atoms with E-state index < -0.39 is 21.6 Å². The number of allylic oxidation sites excluding steroid dienone is 2. The monoisotopic (exact) mass is 489 g/mol. The number of likely N-dealkylation sites (tertiary alicyclic amines) is 1. The van der Waals surface area contributed by atoms with Gasteiger partial charge in [-0.15, -0.1) is 0 Å². The third-order valence-electron chi connectivity index (χ3n) is 6.11. The van der Waals surface area contributed by atoms with Gasteiger partial charge in [0.15, 0.2) is 0 Å². The molecule has 0 bridgehead atoms. The average Bonchev–Trinajstić information content (AvgIpc) is 2.72. The summed E-state index contributed by atoms with van der Waals surface area (Å²) in [5.74, 6) is 0. The number of rotatable bonds is 21. The average molecular weight is 490 g/mol. The third-order valence-corrected chi connectivity index (χ3v) is 6.66. The van der Waals surface area contributed by atoms with Crippen LogP contribution in [0.25, 0.3) is 0 Å². The first kappa shape index (κ1) is 29.9. The van der Waals surface area contributed by atoms with Gasteiger partial charge in [0, 0.05) is 19.7 Å². The Hall–Kier alpha value is -1.12. The van der Waals surface area contributed by atoms with Crippen molar-refractivity contribution in [1.82, 2.24) is 4.90 Å². The number of hydrogen-bond donors (Lipinski definition) is 1. The van der Waals surface area contributed by atoms with E-state index in [-0.39, 0.29) is 19.7 Å². The van der Waals surface area contributed by atoms with Crippen LogP contribution >= 0.6 is 0 Å². The van der Waals surface area contributed by atoms with Crippen molar-refractivity contribution in [3.05, 3.63) is 12.2 Å². The van der Waals surface area contributed by atoms with Crippen LogP contribution in [0.4, 0.5) is 4.79 Å². The van der Waals surface area contributed by atoms with Crippen LogP contribution in [0.2, 0.25) is 0 Å². The van der Waals surface area contributed by atoms with E-state index in [0.29, 0.717) is 13.2 Å². The maximum atomic E-state index is 11.3. The van der Waals surface area contributed by atoms with Crippen molar-refractivity contribution in [3.63, 3.8) is 0 Å². The Morgan fingerprint density at radius 2 is 1.39 bits per heavy atom. The molecule has 0 atom stereocenters. The molecule has 0 spiro atoms. The van der Waals surface area contributed by atoms with E-state index in [9.17, 15) is 13.2 Å². The van der Waals surface area contributed by atoms with Crippen LogP contribution in [-0.2, 0) is 19.0 Å². The number of nitrogens with zero attached hydrogens (tertiary/aromatic N) is 1. The second kappa shape index (κ2) is 17.3. The van der Waals surface area contributed by atoms with Crippen molar-refractivity contribution in [3.8, 4) is 0 Å². The van der Waals surface area contributed by atoms with Gasteiger partial charge in [-0.05, 0) is 32.1 Å². The highest BCUT2D eigenvalue weighted by Crippen LogP contribution is 2.32. The van der Waals surface area contributed by atoms with Gasteiger partial charge in [0.25, 0.3) is 10.1 Å². The summed E-state index contributed by atoms with van der Waals surface area (Å²) >= 11 is 0. The SMILES string of the molecule is CCCCCCCCC=CCCCCCCCCOCC1(COS(C)(=O)=O)CN(C(=O)O)C1. The second-order valence-electron chi connectivity index (χ2n) is 9.60. The normalized spacial score (nSPS) is 15.8. The number of carboxylic acid groups (broad SMARTS) is 1. The fourth-order valence-corrected chi connectivity index (χ4v) is 4.56. The fraction of sp³-hybridized carbons (Fsp3) is 0.880. The minimum Gasteiger partial charge on any atom is -0.465 e. The van der Waals surface area contributed by atoms with E-state index in [0.717, 1.165) is 19.1 Å². The number of ether oxygens (including phenoxy) is 1. The van der Waals surface area contributed by atoms with E-state index in [4.69, 9.17) is 14.0 Å². The van der Waals surface area contributed by atoms with Crippen LogP contribution in [0.15, 0.2) is 12.2 Å². The Morgan fingerprint density at radius 1 is 0.879 bits per heavy atom. The Morgan fingerprint density at radius 3 is 1.91 bits per heavy atom. The quantitative estimate of drug-likeness (QED) is 0.121. The van der Waals surface area contributed by atoms with Gasteiger partial charge in [0.2, 0.25) is 0 Å². The molecular weight excluding hydrogens is 442 g/mol. The van der Waals surface area contributed by atoms with Gasteiger partial charge in [0.05, 0.1) is 24.9 Å². The van der Waals surface area contributed by atoms with Crippen molar-refractivity contribution in [1.29, 1.82) is 0 Å². The molecule has 0 aromatic heterocycles. The van der Waals surface area contributed by atoms with E-state index in [2.05, 4.69) is 19.1 Å². The summed E-state index contributed by atoms with van der Waals surface area (Å²) in [4.78, 5) is 12.3. The van der Waals surface area contributed by atoms with Crippen molar-refractivity contribution < 1.29 is 27.2 Å². The molecule has 8 heteroatoms. The lowest BCUT2D eigenvalue weighted by atomic mass is 9.82. The lowest BCUT2D eigenvalue weighted by Crippen LogP contribution is -2.62. The molecule has 1 N–H and O–H groups in total. The molecule has 194 valence electrons. The molecule has 1 aliphatic rings. The molecule has 0 aliphatic carbocycles. The molecule has 0 aromatic carbocycles. The predicted octanol–water partition coefficient (Wildman–Crippen LogP) is 6.00. The summed E-state index contributed by atoms with van der Waals surface area (Å²) < 4.78 is 33.2. The minimum absolute atomic E-state index is 0.0387. The van der Waals surface area contributed by atoms with Gasteiger partial charge in [-0.1, -0.05) is 76.9 Å². The maximum absolute atomic E-state index is 11.3. The molecule has 1 amide bonds. The molecule has 1 saturated heterocycles. The van der Waals surface area contributed by atoms with Gasteiger partial charge < -0.3 is 14.7 Å². The van der Waals surface area contributed by atoms with E-state index >= 15 is 0 Å². The zero-order valence-electron chi connectivity index (χ0n) is 20.9.